The molecule has 0 aliphatic carbocycles. The Morgan fingerprint density at radius 1 is 1.00 bits per heavy atom. The number of aryl methyl sites for hydroxylation is 1. The number of hydrogen-bond acceptors (Lipinski definition) is 4. The van der Waals surface area contributed by atoms with Crippen LogP contribution in [0.2, 0.25) is 0 Å². The van der Waals surface area contributed by atoms with Gasteiger partial charge in [-0.2, -0.15) is 0 Å². The number of imidazole rings is 1. The number of rotatable bonds is 3. The molecule has 0 radical (unpaired) electrons. The third-order valence-corrected chi connectivity index (χ3v) is 4.32. The normalized spacial score (nSPS) is 10.8. The van der Waals surface area contributed by atoms with E-state index in [1.165, 1.54) is 7.11 Å². The van der Waals surface area contributed by atoms with Crippen LogP contribution in [-0.4, -0.2) is 27.6 Å². The summed E-state index contributed by atoms with van der Waals surface area (Å²) in [4.78, 5) is 21.0. The Bertz CT molecular complexity index is 1120. The summed E-state index contributed by atoms with van der Waals surface area (Å²) in [6, 6.07) is 17.4. The highest BCUT2D eigenvalue weighted by molar-refractivity contribution is 5.91. The van der Waals surface area contributed by atoms with Crippen molar-refractivity contribution in [1.82, 2.24) is 14.5 Å². The number of aromatic nitrogens is 3. The minimum atomic E-state index is -0.362. The SMILES string of the molecule is COC(=O)c1cccc(-c2cn(C)c(-c3cc4ccccc4cn3)n2)c1. The number of nitrogens with zero attached hydrogens (tertiary/aromatic N) is 3. The van der Waals surface area contributed by atoms with Crippen molar-refractivity contribution >= 4 is 16.7 Å². The van der Waals surface area contributed by atoms with Gasteiger partial charge in [0.25, 0.3) is 0 Å². The highest BCUT2D eigenvalue weighted by Gasteiger charge is 2.13. The van der Waals surface area contributed by atoms with Crippen LogP contribution in [0.5, 0.6) is 0 Å². The highest BCUT2D eigenvalue weighted by Crippen LogP contribution is 2.26. The Hall–Kier alpha value is -3.47. The quantitative estimate of drug-likeness (QED) is 0.526. The second-order valence-corrected chi connectivity index (χ2v) is 6.05. The van der Waals surface area contributed by atoms with Crippen molar-refractivity contribution in [1.29, 1.82) is 0 Å². The average molecular weight is 343 g/mol. The van der Waals surface area contributed by atoms with Crippen LogP contribution in [0.3, 0.4) is 0 Å². The van der Waals surface area contributed by atoms with Crippen LogP contribution in [0, 0.1) is 0 Å². The molecular formula is C21H17N3O2. The third kappa shape index (κ3) is 2.84. The van der Waals surface area contributed by atoms with E-state index in [2.05, 4.69) is 11.1 Å². The molecule has 0 atom stereocenters. The third-order valence-electron chi connectivity index (χ3n) is 4.32. The summed E-state index contributed by atoms with van der Waals surface area (Å²) in [7, 11) is 3.31. The second-order valence-electron chi connectivity index (χ2n) is 6.05. The van der Waals surface area contributed by atoms with E-state index in [1.807, 2.05) is 60.4 Å². The van der Waals surface area contributed by atoms with Gasteiger partial charge in [0.1, 0.15) is 5.69 Å². The molecule has 4 rings (SSSR count). The number of esters is 1. The molecular weight excluding hydrogens is 326 g/mol. The van der Waals surface area contributed by atoms with Gasteiger partial charge in [-0.05, 0) is 23.6 Å². The lowest BCUT2D eigenvalue weighted by Gasteiger charge is -2.03. The number of fused-ring (bicyclic) bond motifs is 1. The molecule has 0 unspecified atom stereocenters. The lowest BCUT2D eigenvalue weighted by atomic mass is 10.1. The van der Waals surface area contributed by atoms with E-state index in [0.717, 1.165) is 33.5 Å². The van der Waals surface area contributed by atoms with Gasteiger partial charge >= 0.3 is 5.97 Å². The zero-order valence-electron chi connectivity index (χ0n) is 14.5. The Kier molecular flexibility index (Phi) is 3.97. The first-order valence-corrected chi connectivity index (χ1v) is 8.23. The monoisotopic (exact) mass is 343 g/mol. The van der Waals surface area contributed by atoms with Crippen molar-refractivity contribution < 1.29 is 9.53 Å². The largest absolute Gasteiger partial charge is 0.465 e. The summed E-state index contributed by atoms with van der Waals surface area (Å²) in [5.74, 6) is 0.411. The van der Waals surface area contributed by atoms with Crippen molar-refractivity contribution in [2.75, 3.05) is 7.11 Å². The van der Waals surface area contributed by atoms with Crippen LogP contribution in [0.1, 0.15) is 10.4 Å². The number of carbonyl (C=O) groups excluding carboxylic acids is 1. The predicted molar refractivity (Wildman–Crippen MR) is 101 cm³/mol. The smallest absolute Gasteiger partial charge is 0.337 e. The molecule has 0 aliphatic heterocycles. The lowest BCUT2D eigenvalue weighted by molar-refractivity contribution is 0.0601. The van der Waals surface area contributed by atoms with Crippen LogP contribution in [0.15, 0.2) is 67.0 Å². The van der Waals surface area contributed by atoms with Gasteiger partial charge in [-0.1, -0.05) is 36.4 Å². The number of ether oxygens (including phenoxy) is 1. The molecule has 4 aromatic rings. The second kappa shape index (κ2) is 6.44. The fraction of sp³-hybridized carbons (Fsp3) is 0.0952. The molecule has 2 aromatic carbocycles. The maximum absolute atomic E-state index is 11.8. The van der Waals surface area contributed by atoms with Gasteiger partial charge in [-0.25, -0.2) is 9.78 Å². The van der Waals surface area contributed by atoms with E-state index in [9.17, 15) is 4.79 Å². The van der Waals surface area contributed by atoms with Gasteiger partial charge < -0.3 is 9.30 Å². The molecule has 0 spiro atoms. The van der Waals surface area contributed by atoms with Crippen LogP contribution >= 0.6 is 0 Å². The van der Waals surface area contributed by atoms with Gasteiger partial charge in [-0.3, -0.25) is 4.98 Å². The topological polar surface area (TPSA) is 57.0 Å². The Labute approximate surface area is 150 Å². The van der Waals surface area contributed by atoms with E-state index in [4.69, 9.17) is 9.72 Å². The van der Waals surface area contributed by atoms with Crippen LogP contribution < -0.4 is 0 Å². The van der Waals surface area contributed by atoms with Crippen molar-refractivity contribution in [3.05, 3.63) is 72.6 Å². The maximum atomic E-state index is 11.8. The summed E-state index contributed by atoms with van der Waals surface area (Å²) < 4.78 is 6.73. The summed E-state index contributed by atoms with van der Waals surface area (Å²) in [6.07, 6.45) is 3.79. The average Bonchev–Trinajstić information content (AvgIpc) is 3.09. The molecule has 0 bridgehead atoms. The molecule has 0 saturated heterocycles. The summed E-state index contributed by atoms with van der Waals surface area (Å²) in [5, 5.41) is 2.21. The molecule has 5 heteroatoms. The summed E-state index contributed by atoms with van der Waals surface area (Å²) >= 11 is 0. The molecule has 0 amide bonds. The summed E-state index contributed by atoms with van der Waals surface area (Å²) in [6.45, 7) is 0. The molecule has 0 saturated carbocycles. The van der Waals surface area contributed by atoms with E-state index in [0.29, 0.717) is 5.56 Å². The molecule has 0 aliphatic rings. The van der Waals surface area contributed by atoms with E-state index < -0.39 is 0 Å². The number of methoxy groups -OCH3 is 1. The van der Waals surface area contributed by atoms with Crippen molar-refractivity contribution in [3.63, 3.8) is 0 Å². The van der Waals surface area contributed by atoms with Gasteiger partial charge in [0.15, 0.2) is 5.82 Å². The van der Waals surface area contributed by atoms with Crippen molar-refractivity contribution in [3.8, 4) is 22.8 Å². The van der Waals surface area contributed by atoms with Crippen molar-refractivity contribution in [2.24, 2.45) is 7.05 Å². The molecule has 2 heterocycles. The first-order chi connectivity index (χ1) is 12.7. The highest BCUT2D eigenvalue weighted by atomic mass is 16.5. The van der Waals surface area contributed by atoms with Gasteiger partial charge in [0.2, 0.25) is 0 Å². The summed E-state index contributed by atoms with van der Waals surface area (Å²) in [5.41, 5.74) is 2.95. The van der Waals surface area contributed by atoms with E-state index in [-0.39, 0.29) is 5.97 Å². The Morgan fingerprint density at radius 3 is 2.62 bits per heavy atom. The van der Waals surface area contributed by atoms with Gasteiger partial charge in [0.05, 0.1) is 18.4 Å². The zero-order valence-corrected chi connectivity index (χ0v) is 14.5. The standard InChI is InChI=1S/C21H17N3O2/c1-24-13-19(15-8-5-9-16(10-15)21(25)26-2)23-20(24)18-11-14-6-3-4-7-17(14)12-22-18/h3-13H,1-2H3. The van der Waals surface area contributed by atoms with E-state index >= 15 is 0 Å². The number of pyridine rings is 1. The van der Waals surface area contributed by atoms with Gasteiger partial charge in [-0.15, -0.1) is 0 Å². The minimum Gasteiger partial charge on any atom is -0.465 e. The number of benzene rings is 2. The van der Waals surface area contributed by atoms with Crippen LogP contribution in [-0.2, 0) is 11.8 Å². The first-order valence-electron chi connectivity index (χ1n) is 8.23. The van der Waals surface area contributed by atoms with Crippen LogP contribution in [0.4, 0.5) is 0 Å². The number of hydrogen-bond donors (Lipinski definition) is 0. The lowest BCUT2D eigenvalue weighted by Crippen LogP contribution is -2.00. The molecule has 0 N–H and O–H groups in total. The molecule has 128 valence electrons. The molecule has 5 nitrogen and oxygen atoms in total. The maximum Gasteiger partial charge on any atom is 0.337 e. The van der Waals surface area contributed by atoms with Crippen molar-refractivity contribution in [2.45, 2.75) is 0 Å². The predicted octanol–water partition coefficient (Wildman–Crippen LogP) is 4.09. The fourth-order valence-electron chi connectivity index (χ4n) is 2.97. The van der Waals surface area contributed by atoms with Crippen LogP contribution in [0.25, 0.3) is 33.5 Å². The molecule has 26 heavy (non-hydrogen) atoms. The van der Waals surface area contributed by atoms with E-state index in [1.54, 1.807) is 12.1 Å². The minimum absolute atomic E-state index is 0.362. The Balaban J connectivity index is 1.76. The fourth-order valence-corrected chi connectivity index (χ4v) is 2.97. The van der Waals surface area contributed by atoms with Gasteiger partial charge in [0, 0.05) is 30.4 Å². The zero-order chi connectivity index (χ0) is 18.1. The Morgan fingerprint density at radius 2 is 1.81 bits per heavy atom. The molecule has 0 fully saturated rings. The molecule has 2 aromatic heterocycles. The number of carbonyl (C=O) groups is 1. The first kappa shape index (κ1) is 16.0.